The van der Waals surface area contributed by atoms with Crippen molar-refractivity contribution in [2.75, 3.05) is 6.61 Å². The molecule has 0 unspecified atom stereocenters. The molecule has 0 atom stereocenters. The van der Waals surface area contributed by atoms with Crippen LogP contribution in [0, 0.1) is 0 Å². The molecule has 0 saturated heterocycles. The van der Waals surface area contributed by atoms with Crippen LogP contribution in [-0.4, -0.2) is 12.6 Å². The zero-order valence-electron chi connectivity index (χ0n) is 8.47. The number of carbonyl (C=O) groups is 1. The molecule has 1 aromatic carbocycles. The molecule has 0 spiro atoms. The first kappa shape index (κ1) is 11.1. The summed E-state index contributed by atoms with van der Waals surface area (Å²) >= 11 is 0. The Hall–Kier alpha value is -1.97. The lowest BCUT2D eigenvalue weighted by atomic mass is 10.3. The van der Waals surface area contributed by atoms with Gasteiger partial charge < -0.3 is 15.2 Å². The average molecular weight is 207 g/mol. The van der Waals surface area contributed by atoms with Gasteiger partial charge in [-0.25, -0.2) is 4.79 Å². The molecule has 1 aromatic rings. The first-order valence-corrected chi connectivity index (χ1v) is 4.59. The second kappa shape index (κ2) is 5.70. The summed E-state index contributed by atoms with van der Waals surface area (Å²) in [5.74, 6) is 0.0844. The molecule has 0 bridgehead atoms. The lowest BCUT2D eigenvalue weighted by Gasteiger charge is -2.04. The topological polar surface area (TPSA) is 61.5 Å². The largest absolute Gasteiger partial charge is 0.463 e. The Morgan fingerprint density at radius 3 is 2.67 bits per heavy atom. The second-order valence-corrected chi connectivity index (χ2v) is 2.71. The number of hydrogen-bond acceptors (Lipinski definition) is 4. The first-order chi connectivity index (χ1) is 7.22. The summed E-state index contributed by atoms with van der Waals surface area (Å²) in [4.78, 5) is 11.0. The third kappa shape index (κ3) is 4.17. The number of rotatable bonds is 4. The van der Waals surface area contributed by atoms with Crippen molar-refractivity contribution in [3.63, 3.8) is 0 Å². The van der Waals surface area contributed by atoms with Crippen molar-refractivity contribution in [3.05, 3.63) is 42.3 Å². The Balaban J connectivity index is 2.55. The van der Waals surface area contributed by atoms with Gasteiger partial charge in [0.05, 0.1) is 12.7 Å². The summed E-state index contributed by atoms with van der Waals surface area (Å²) in [5.41, 5.74) is 5.47. The molecular formula is C11H13NO3. The molecule has 0 radical (unpaired) electrons. The molecular weight excluding hydrogens is 194 g/mol. The second-order valence-electron chi connectivity index (χ2n) is 2.71. The Morgan fingerprint density at radius 1 is 1.40 bits per heavy atom. The Morgan fingerprint density at radius 2 is 2.07 bits per heavy atom. The first-order valence-electron chi connectivity index (χ1n) is 4.59. The molecule has 0 aliphatic rings. The van der Waals surface area contributed by atoms with E-state index in [2.05, 4.69) is 4.74 Å². The van der Waals surface area contributed by atoms with Crippen LogP contribution in [0.2, 0.25) is 0 Å². The maximum absolute atomic E-state index is 11.0. The molecule has 0 aliphatic heterocycles. The van der Waals surface area contributed by atoms with Gasteiger partial charge in [-0.15, -0.1) is 0 Å². The molecule has 4 nitrogen and oxygen atoms in total. The van der Waals surface area contributed by atoms with Crippen LogP contribution in [0.1, 0.15) is 6.92 Å². The van der Waals surface area contributed by atoms with E-state index in [0.717, 1.165) is 6.08 Å². The van der Waals surface area contributed by atoms with Crippen molar-refractivity contribution in [1.82, 2.24) is 0 Å². The number of carbonyl (C=O) groups excluding carboxylic acids is 1. The minimum atomic E-state index is -0.508. The molecule has 80 valence electrons. The third-order valence-corrected chi connectivity index (χ3v) is 1.53. The van der Waals surface area contributed by atoms with E-state index >= 15 is 0 Å². The summed E-state index contributed by atoms with van der Waals surface area (Å²) in [6.07, 6.45) is 1.11. The highest BCUT2D eigenvalue weighted by Gasteiger charge is 2.00. The molecule has 15 heavy (non-hydrogen) atoms. The molecule has 1 rings (SSSR count). The van der Waals surface area contributed by atoms with Gasteiger partial charge in [0, 0.05) is 0 Å². The van der Waals surface area contributed by atoms with E-state index in [1.54, 1.807) is 19.1 Å². The van der Waals surface area contributed by atoms with Crippen molar-refractivity contribution in [1.29, 1.82) is 0 Å². The molecule has 2 N–H and O–H groups in total. The van der Waals surface area contributed by atoms with Gasteiger partial charge in [-0.3, -0.25) is 0 Å². The Labute approximate surface area is 88.3 Å². The van der Waals surface area contributed by atoms with Crippen LogP contribution in [0.15, 0.2) is 42.3 Å². The predicted octanol–water partition coefficient (Wildman–Crippen LogP) is 1.43. The molecule has 0 saturated carbocycles. The predicted molar refractivity (Wildman–Crippen MR) is 56.0 cm³/mol. The standard InChI is InChI=1S/C11H13NO3/c1-2-14-11(13)8-10(12)15-9-6-4-3-5-7-9/h3-8H,2,12H2,1H3. The minimum absolute atomic E-state index is 0.0136. The fourth-order valence-corrected chi connectivity index (χ4v) is 0.954. The summed E-state index contributed by atoms with van der Waals surface area (Å²) in [6.45, 7) is 2.04. The molecule has 0 heterocycles. The zero-order valence-corrected chi connectivity index (χ0v) is 8.47. The van der Waals surface area contributed by atoms with Crippen LogP contribution < -0.4 is 10.5 Å². The highest BCUT2D eigenvalue weighted by Crippen LogP contribution is 2.10. The zero-order chi connectivity index (χ0) is 11.1. The Bertz CT molecular complexity index is 346. The Kier molecular flexibility index (Phi) is 4.22. The number of ether oxygens (including phenoxy) is 2. The van der Waals surface area contributed by atoms with Gasteiger partial charge in [-0.05, 0) is 19.1 Å². The fourth-order valence-electron chi connectivity index (χ4n) is 0.954. The minimum Gasteiger partial charge on any atom is -0.463 e. The summed E-state index contributed by atoms with van der Waals surface area (Å²) < 4.78 is 9.84. The number of nitrogens with two attached hydrogens (primary N) is 1. The van der Waals surface area contributed by atoms with Crippen LogP contribution in [0.3, 0.4) is 0 Å². The highest BCUT2D eigenvalue weighted by molar-refractivity contribution is 5.82. The summed E-state index contributed by atoms with van der Waals surface area (Å²) in [7, 11) is 0. The number of benzene rings is 1. The van der Waals surface area contributed by atoms with Gasteiger partial charge in [0.25, 0.3) is 0 Å². The monoisotopic (exact) mass is 207 g/mol. The maximum atomic E-state index is 11.0. The number of para-hydroxylation sites is 1. The summed E-state index contributed by atoms with van der Waals surface area (Å²) in [5, 5.41) is 0. The van der Waals surface area contributed by atoms with Gasteiger partial charge in [-0.1, -0.05) is 18.2 Å². The normalized spacial score (nSPS) is 10.9. The van der Waals surface area contributed by atoms with Crippen LogP contribution in [-0.2, 0) is 9.53 Å². The van der Waals surface area contributed by atoms with E-state index in [0.29, 0.717) is 12.4 Å². The third-order valence-electron chi connectivity index (χ3n) is 1.53. The van der Waals surface area contributed by atoms with E-state index in [9.17, 15) is 4.79 Å². The van der Waals surface area contributed by atoms with Gasteiger partial charge in [0.2, 0.25) is 0 Å². The molecule has 0 aromatic heterocycles. The lowest BCUT2D eigenvalue weighted by Crippen LogP contribution is -2.10. The molecule has 0 aliphatic carbocycles. The van der Waals surface area contributed by atoms with Crippen LogP contribution in [0.4, 0.5) is 0 Å². The van der Waals surface area contributed by atoms with E-state index < -0.39 is 5.97 Å². The van der Waals surface area contributed by atoms with Crippen LogP contribution in [0.25, 0.3) is 0 Å². The van der Waals surface area contributed by atoms with Crippen molar-refractivity contribution >= 4 is 5.97 Å². The molecule has 0 fully saturated rings. The van der Waals surface area contributed by atoms with Gasteiger partial charge in [0.15, 0.2) is 5.88 Å². The van der Waals surface area contributed by atoms with E-state index in [4.69, 9.17) is 10.5 Å². The van der Waals surface area contributed by atoms with E-state index in [1.165, 1.54) is 0 Å². The quantitative estimate of drug-likeness (QED) is 0.461. The summed E-state index contributed by atoms with van der Waals surface area (Å²) in [6, 6.07) is 8.97. The highest BCUT2D eigenvalue weighted by atomic mass is 16.5. The van der Waals surface area contributed by atoms with Gasteiger partial charge >= 0.3 is 5.97 Å². The smallest absolute Gasteiger partial charge is 0.336 e. The van der Waals surface area contributed by atoms with Crippen LogP contribution in [0.5, 0.6) is 5.75 Å². The van der Waals surface area contributed by atoms with Gasteiger partial charge in [-0.2, -0.15) is 0 Å². The average Bonchev–Trinajstić information content (AvgIpc) is 2.19. The number of esters is 1. The fraction of sp³-hybridized carbons (Fsp3) is 0.182. The van der Waals surface area contributed by atoms with Crippen molar-refractivity contribution in [2.45, 2.75) is 6.92 Å². The van der Waals surface area contributed by atoms with Gasteiger partial charge in [0.1, 0.15) is 5.75 Å². The van der Waals surface area contributed by atoms with Crippen molar-refractivity contribution < 1.29 is 14.3 Å². The van der Waals surface area contributed by atoms with E-state index in [-0.39, 0.29) is 5.88 Å². The molecule has 0 amide bonds. The number of hydrogen-bond donors (Lipinski definition) is 1. The lowest BCUT2D eigenvalue weighted by molar-refractivity contribution is -0.137. The molecule has 4 heteroatoms. The maximum Gasteiger partial charge on any atom is 0.336 e. The van der Waals surface area contributed by atoms with Crippen molar-refractivity contribution in [2.24, 2.45) is 5.73 Å². The van der Waals surface area contributed by atoms with E-state index in [1.807, 2.05) is 18.2 Å². The van der Waals surface area contributed by atoms with Crippen molar-refractivity contribution in [3.8, 4) is 5.75 Å². The SMILES string of the molecule is CCOC(=O)C=C(N)Oc1ccccc1. The van der Waals surface area contributed by atoms with Crippen LogP contribution >= 0.6 is 0 Å².